The molecule has 0 bridgehead atoms. The highest BCUT2D eigenvalue weighted by atomic mass is 32.2. The fourth-order valence-corrected chi connectivity index (χ4v) is 3.82. The van der Waals surface area contributed by atoms with E-state index in [2.05, 4.69) is 41.3 Å². The van der Waals surface area contributed by atoms with E-state index in [1.165, 1.54) is 29.9 Å². The molecule has 1 aromatic carbocycles. The summed E-state index contributed by atoms with van der Waals surface area (Å²) in [6, 6.07) is 14.5. The molecule has 1 aliphatic heterocycles. The van der Waals surface area contributed by atoms with Gasteiger partial charge in [0, 0.05) is 24.8 Å². The van der Waals surface area contributed by atoms with Gasteiger partial charge in [0.05, 0.1) is 6.54 Å². The SMILES string of the molecule is O=c1ccccn1Cc1ccc(CNC2CCSCC2)cc1. The number of hydrogen-bond donors (Lipinski definition) is 1. The quantitative estimate of drug-likeness (QED) is 0.921. The van der Waals surface area contributed by atoms with E-state index in [0.29, 0.717) is 12.6 Å². The van der Waals surface area contributed by atoms with Gasteiger partial charge in [-0.1, -0.05) is 30.3 Å². The number of nitrogens with zero attached hydrogens (tertiary/aromatic N) is 1. The van der Waals surface area contributed by atoms with Crippen molar-refractivity contribution in [3.05, 3.63) is 70.1 Å². The number of rotatable bonds is 5. The highest BCUT2D eigenvalue weighted by Gasteiger charge is 2.12. The predicted molar refractivity (Wildman–Crippen MR) is 93.4 cm³/mol. The lowest BCUT2D eigenvalue weighted by molar-refractivity contribution is 0.482. The number of pyridine rings is 1. The van der Waals surface area contributed by atoms with Crippen LogP contribution in [-0.2, 0) is 13.1 Å². The van der Waals surface area contributed by atoms with E-state index in [1.54, 1.807) is 16.7 Å². The first kappa shape index (κ1) is 15.4. The summed E-state index contributed by atoms with van der Waals surface area (Å²) in [5.41, 5.74) is 2.51. The van der Waals surface area contributed by atoms with Crippen LogP contribution in [0, 0.1) is 0 Å². The molecule has 0 radical (unpaired) electrons. The van der Waals surface area contributed by atoms with E-state index < -0.39 is 0 Å². The first-order chi connectivity index (χ1) is 10.8. The zero-order valence-electron chi connectivity index (χ0n) is 12.7. The van der Waals surface area contributed by atoms with Crippen LogP contribution < -0.4 is 10.9 Å². The third-order valence-electron chi connectivity index (χ3n) is 4.09. The molecule has 1 fully saturated rings. The molecule has 1 saturated heterocycles. The molecule has 0 unspecified atom stereocenters. The maximum atomic E-state index is 11.7. The second-order valence-electron chi connectivity index (χ2n) is 5.75. The van der Waals surface area contributed by atoms with Gasteiger partial charge in [-0.3, -0.25) is 4.79 Å². The number of benzene rings is 1. The Balaban J connectivity index is 1.56. The average Bonchev–Trinajstić information content (AvgIpc) is 2.57. The van der Waals surface area contributed by atoms with Gasteiger partial charge in [-0.2, -0.15) is 11.8 Å². The van der Waals surface area contributed by atoms with Crippen LogP contribution in [0.3, 0.4) is 0 Å². The van der Waals surface area contributed by atoms with E-state index >= 15 is 0 Å². The summed E-state index contributed by atoms with van der Waals surface area (Å²) in [5, 5.41) is 3.65. The van der Waals surface area contributed by atoms with Crippen molar-refractivity contribution in [1.29, 1.82) is 0 Å². The first-order valence-corrected chi connectivity index (χ1v) is 9.01. The van der Waals surface area contributed by atoms with Gasteiger partial charge >= 0.3 is 0 Å². The van der Waals surface area contributed by atoms with Crippen molar-refractivity contribution >= 4 is 11.8 Å². The number of aromatic nitrogens is 1. The fourth-order valence-electron chi connectivity index (χ4n) is 2.71. The molecule has 0 atom stereocenters. The maximum Gasteiger partial charge on any atom is 0.250 e. The van der Waals surface area contributed by atoms with Gasteiger partial charge in [-0.15, -0.1) is 0 Å². The van der Waals surface area contributed by atoms with Crippen molar-refractivity contribution in [2.75, 3.05) is 11.5 Å². The third kappa shape index (κ3) is 4.24. The standard InChI is InChI=1S/C18H22N2OS/c21-18-3-1-2-10-20(18)14-16-6-4-15(5-7-16)13-19-17-8-11-22-12-9-17/h1-7,10,17,19H,8-9,11-14H2. The Bertz CT molecular complexity index is 645. The number of hydrogen-bond acceptors (Lipinski definition) is 3. The van der Waals surface area contributed by atoms with Gasteiger partial charge in [-0.05, 0) is 41.5 Å². The molecule has 0 amide bonds. The molecule has 2 heterocycles. The zero-order chi connectivity index (χ0) is 15.2. The number of nitrogens with one attached hydrogen (secondary N) is 1. The van der Waals surface area contributed by atoms with E-state index in [4.69, 9.17) is 0 Å². The maximum absolute atomic E-state index is 11.7. The molecule has 2 aromatic rings. The van der Waals surface area contributed by atoms with Crippen LogP contribution in [0.1, 0.15) is 24.0 Å². The summed E-state index contributed by atoms with van der Waals surface area (Å²) in [7, 11) is 0. The van der Waals surface area contributed by atoms with Crippen molar-refractivity contribution in [2.45, 2.75) is 32.0 Å². The molecule has 0 saturated carbocycles. The Morgan fingerprint density at radius 1 is 1.05 bits per heavy atom. The highest BCUT2D eigenvalue weighted by Crippen LogP contribution is 2.17. The topological polar surface area (TPSA) is 34.0 Å². The van der Waals surface area contributed by atoms with Crippen LogP contribution >= 0.6 is 11.8 Å². The Kier molecular flexibility index (Phi) is 5.35. The van der Waals surface area contributed by atoms with Crippen molar-refractivity contribution in [3.63, 3.8) is 0 Å². The molecule has 1 aliphatic rings. The van der Waals surface area contributed by atoms with E-state index in [0.717, 1.165) is 12.1 Å². The van der Waals surface area contributed by atoms with Crippen LogP contribution in [0.4, 0.5) is 0 Å². The van der Waals surface area contributed by atoms with Crippen LogP contribution in [0.15, 0.2) is 53.5 Å². The van der Waals surface area contributed by atoms with Crippen molar-refractivity contribution in [3.8, 4) is 0 Å². The van der Waals surface area contributed by atoms with E-state index in [-0.39, 0.29) is 5.56 Å². The Hall–Kier alpha value is -1.52. The largest absolute Gasteiger partial charge is 0.311 e. The van der Waals surface area contributed by atoms with Gasteiger partial charge < -0.3 is 9.88 Å². The monoisotopic (exact) mass is 314 g/mol. The van der Waals surface area contributed by atoms with Crippen molar-refractivity contribution < 1.29 is 0 Å². The lowest BCUT2D eigenvalue weighted by Crippen LogP contribution is -2.32. The second kappa shape index (κ2) is 7.65. The first-order valence-electron chi connectivity index (χ1n) is 7.86. The van der Waals surface area contributed by atoms with Crippen LogP contribution in [0.25, 0.3) is 0 Å². The molecule has 4 heteroatoms. The minimum atomic E-state index is 0.0448. The molecular formula is C18H22N2OS. The summed E-state index contributed by atoms with van der Waals surface area (Å²) in [6.45, 7) is 1.56. The summed E-state index contributed by atoms with van der Waals surface area (Å²) in [5.74, 6) is 2.56. The Morgan fingerprint density at radius 3 is 2.50 bits per heavy atom. The minimum absolute atomic E-state index is 0.0448. The van der Waals surface area contributed by atoms with E-state index in [1.807, 2.05) is 12.3 Å². The summed E-state index contributed by atoms with van der Waals surface area (Å²) in [4.78, 5) is 11.7. The van der Waals surface area contributed by atoms with Gasteiger partial charge in [0.2, 0.25) is 0 Å². The van der Waals surface area contributed by atoms with Crippen LogP contribution in [0.5, 0.6) is 0 Å². The normalized spacial score (nSPS) is 15.8. The highest BCUT2D eigenvalue weighted by molar-refractivity contribution is 7.99. The Morgan fingerprint density at radius 2 is 1.77 bits per heavy atom. The summed E-state index contributed by atoms with van der Waals surface area (Å²) < 4.78 is 1.73. The molecule has 1 aromatic heterocycles. The zero-order valence-corrected chi connectivity index (χ0v) is 13.5. The Labute approximate surface area is 135 Å². The van der Waals surface area contributed by atoms with Gasteiger partial charge in [-0.25, -0.2) is 0 Å². The molecule has 116 valence electrons. The van der Waals surface area contributed by atoms with Gasteiger partial charge in [0.15, 0.2) is 0 Å². The molecule has 3 rings (SSSR count). The third-order valence-corrected chi connectivity index (χ3v) is 5.14. The predicted octanol–water partition coefficient (Wildman–Crippen LogP) is 2.88. The fraction of sp³-hybridized carbons (Fsp3) is 0.389. The second-order valence-corrected chi connectivity index (χ2v) is 6.98. The minimum Gasteiger partial charge on any atom is -0.311 e. The molecule has 3 nitrogen and oxygen atoms in total. The smallest absolute Gasteiger partial charge is 0.250 e. The van der Waals surface area contributed by atoms with Crippen LogP contribution in [0.2, 0.25) is 0 Å². The van der Waals surface area contributed by atoms with Crippen molar-refractivity contribution in [1.82, 2.24) is 9.88 Å². The lowest BCUT2D eigenvalue weighted by atomic mass is 10.1. The molecular weight excluding hydrogens is 292 g/mol. The van der Waals surface area contributed by atoms with Gasteiger partial charge in [0.1, 0.15) is 0 Å². The van der Waals surface area contributed by atoms with Crippen LogP contribution in [-0.4, -0.2) is 22.1 Å². The summed E-state index contributed by atoms with van der Waals surface area (Å²) >= 11 is 2.06. The number of thioether (sulfide) groups is 1. The van der Waals surface area contributed by atoms with Gasteiger partial charge in [0.25, 0.3) is 5.56 Å². The molecule has 22 heavy (non-hydrogen) atoms. The summed E-state index contributed by atoms with van der Waals surface area (Å²) in [6.07, 6.45) is 4.39. The molecule has 0 aliphatic carbocycles. The lowest BCUT2D eigenvalue weighted by Gasteiger charge is -2.22. The van der Waals surface area contributed by atoms with Crippen molar-refractivity contribution in [2.24, 2.45) is 0 Å². The molecule has 1 N–H and O–H groups in total. The average molecular weight is 314 g/mol. The van der Waals surface area contributed by atoms with E-state index in [9.17, 15) is 4.79 Å². The molecule has 0 spiro atoms.